The van der Waals surface area contributed by atoms with E-state index in [4.69, 9.17) is 4.74 Å². The molecule has 0 spiro atoms. The fraction of sp³-hybridized carbons (Fsp3) is 0.864. The van der Waals surface area contributed by atoms with E-state index < -0.39 is 5.97 Å². The first kappa shape index (κ1) is 26.1. The zero-order valence-electron chi connectivity index (χ0n) is 17.5. The van der Waals surface area contributed by atoms with Gasteiger partial charge in [0.15, 0.2) is 0 Å². The van der Waals surface area contributed by atoms with Crippen molar-refractivity contribution in [3.63, 3.8) is 0 Å². The van der Waals surface area contributed by atoms with Gasteiger partial charge in [0.1, 0.15) is 0 Å². The van der Waals surface area contributed by atoms with E-state index in [1.165, 1.54) is 19.3 Å². The largest absolute Gasteiger partial charge is 0.550 e. The van der Waals surface area contributed by atoms with E-state index in [-0.39, 0.29) is 12.5 Å². The number of morpholine rings is 1. The van der Waals surface area contributed by atoms with E-state index in [1.54, 1.807) is 0 Å². The summed E-state index contributed by atoms with van der Waals surface area (Å²) in [6.07, 6.45) is 17.0. The molecular weight excluding hydrogens is 342 g/mol. The number of hydrogen-bond acceptors (Lipinski definition) is 4. The molecule has 0 saturated carbocycles. The van der Waals surface area contributed by atoms with Crippen LogP contribution in [-0.2, 0) is 9.53 Å². The monoisotopic (exact) mass is 385 g/mol. The average Bonchev–Trinajstić information content (AvgIpc) is 2.68. The van der Waals surface area contributed by atoms with Crippen molar-refractivity contribution in [1.82, 2.24) is 0 Å². The molecule has 1 heterocycles. The van der Waals surface area contributed by atoms with Gasteiger partial charge in [-0.1, -0.05) is 64.0 Å². The highest BCUT2D eigenvalue weighted by atomic mass is 16.5. The van der Waals surface area contributed by atoms with Crippen LogP contribution >= 0.6 is 0 Å². The molecule has 1 rings (SSSR count). The predicted molar refractivity (Wildman–Crippen MR) is 108 cm³/mol. The summed E-state index contributed by atoms with van der Waals surface area (Å²) in [5, 5.41) is 22.3. The van der Waals surface area contributed by atoms with Crippen molar-refractivity contribution >= 4 is 5.97 Å². The molecule has 1 unspecified atom stereocenters. The van der Waals surface area contributed by atoms with E-state index >= 15 is 0 Å². The Balaban J connectivity index is 0.000000941. The standard InChI is InChI=1S/C18H34O3.C4H9NO/c1-2-3-4-11-14-17(19)15-12-9-7-5-6-8-10-13-16-18(20)21;1-3-6-4-2-5-1/h9,12,17,19H,2-8,10-11,13-16H2,1H3,(H,20,21);5H,1-4H2. The van der Waals surface area contributed by atoms with Crippen molar-refractivity contribution in [2.75, 3.05) is 26.3 Å². The van der Waals surface area contributed by atoms with Crippen molar-refractivity contribution < 1.29 is 25.1 Å². The first-order valence-electron chi connectivity index (χ1n) is 11.1. The number of allylic oxidation sites excluding steroid dienone is 1. The summed E-state index contributed by atoms with van der Waals surface area (Å²) in [6, 6.07) is 0. The normalized spacial score (nSPS) is 15.3. The minimum atomic E-state index is -0.939. The number of unbranched alkanes of at least 4 members (excludes halogenated alkanes) is 8. The molecule has 0 aromatic heterocycles. The highest BCUT2D eigenvalue weighted by molar-refractivity contribution is 5.63. The van der Waals surface area contributed by atoms with Gasteiger partial charge in [-0.3, -0.25) is 0 Å². The first-order chi connectivity index (χ1) is 13.2. The van der Waals surface area contributed by atoms with Crippen molar-refractivity contribution in [3.05, 3.63) is 12.2 Å². The van der Waals surface area contributed by atoms with Gasteiger partial charge in [-0.25, -0.2) is 0 Å². The molecule has 1 aliphatic heterocycles. The second-order valence-electron chi connectivity index (χ2n) is 7.37. The number of quaternary nitrogens is 1. The number of hydrogen-bond donors (Lipinski definition) is 2. The van der Waals surface area contributed by atoms with Gasteiger partial charge < -0.3 is 25.1 Å². The molecule has 1 atom stereocenters. The van der Waals surface area contributed by atoms with Crippen LogP contribution in [-0.4, -0.2) is 43.5 Å². The van der Waals surface area contributed by atoms with E-state index in [0.29, 0.717) is 0 Å². The molecule has 1 saturated heterocycles. The summed E-state index contributed by atoms with van der Waals surface area (Å²) in [7, 11) is 0. The van der Waals surface area contributed by atoms with E-state index in [2.05, 4.69) is 24.4 Å². The minimum absolute atomic E-state index is 0.178. The topological polar surface area (TPSA) is 86.2 Å². The molecular formula is C22H43NO4. The summed E-state index contributed by atoms with van der Waals surface area (Å²) in [5.41, 5.74) is 0. The Morgan fingerprint density at radius 2 is 1.70 bits per heavy atom. The smallest absolute Gasteiger partial charge is 0.0993 e. The Morgan fingerprint density at radius 1 is 1.04 bits per heavy atom. The van der Waals surface area contributed by atoms with Gasteiger partial charge in [0.25, 0.3) is 0 Å². The second-order valence-corrected chi connectivity index (χ2v) is 7.37. The van der Waals surface area contributed by atoms with Crippen molar-refractivity contribution in [1.29, 1.82) is 0 Å². The first-order valence-corrected chi connectivity index (χ1v) is 11.1. The number of rotatable bonds is 15. The van der Waals surface area contributed by atoms with Crippen LogP contribution in [0, 0.1) is 0 Å². The Hall–Kier alpha value is -0.910. The maximum absolute atomic E-state index is 10.2. The van der Waals surface area contributed by atoms with Gasteiger partial charge in [0.05, 0.1) is 32.4 Å². The molecule has 160 valence electrons. The van der Waals surface area contributed by atoms with Crippen LogP contribution in [0.2, 0.25) is 0 Å². The van der Waals surface area contributed by atoms with Crippen molar-refractivity contribution in [3.8, 4) is 0 Å². The van der Waals surface area contributed by atoms with Gasteiger partial charge in [0, 0.05) is 5.97 Å². The van der Waals surface area contributed by atoms with Crippen LogP contribution in [0.4, 0.5) is 0 Å². The number of carboxylic acid groups (broad SMARTS) is 1. The Morgan fingerprint density at radius 3 is 2.30 bits per heavy atom. The molecule has 1 aliphatic rings. The lowest BCUT2D eigenvalue weighted by Gasteiger charge is -2.07. The van der Waals surface area contributed by atoms with E-state index in [0.717, 1.165) is 84.1 Å². The molecule has 5 heteroatoms. The third-order valence-electron chi connectivity index (χ3n) is 4.65. The highest BCUT2D eigenvalue weighted by Crippen LogP contribution is 2.10. The van der Waals surface area contributed by atoms with Gasteiger partial charge >= 0.3 is 0 Å². The van der Waals surface area contributed by atoms with E-state index in [1.807, 2.05) is 0 Å². The van der Waals surface area contributed by atoms with Crippen LogP contribution in [0.3, 0.4) is 0 Å². The lowest BCUT2D eigenvalue weighted by Crippen LogP contribution is -2.87. The number of carbonyl (C=O) groups excluding carboxylic acids is 1. The quantitative estimate of drug-likeness (QED) is 0.335. The molecule has 0 radical (unpaired) electrons. The van der Waals surface area contributed by atoms with Gasteiger partial charge in [0.2, 0.25) is 0 Å². The molecule has 0 aromatic carbocycles. The summed E-state index contributed by atoms with van der Waals surface area (Å²) in [6.45, 7) is 6.39. The number of nitrogens with two attached hydrogens (primary N) is 1. The minimum Gasteiger partial charge on any atom is -0.550 e. The Kier molecular flexibility index (Phi) is 20.7. The third-order valence-corrected chi connectivity index (χ3v) is 4.65. The lowest BCUT2D eigenvalue weighted by atomic mass is 10.1. The van der Waals surface area contributed by atoms with Gasteiger partial charge in [-0.2, -0.15) is 0 Å². The fourth-order valence-electron chi connectivity index (χ4n) is 2.94. The van der Waals surface area contributed by atoms with Crippen molar-refractivity contribution in [2.24, 2.45) is 0 Å². The molecule has 1 fully saturated rings. The fourth-order valence-corrected chi connectivity index (χ4v) is 2.94. The summed E-state index contributed by atoms with van der Waals surface area (Å²) >= 11 is 0. The molecule has 0 aliphatic carbocycles. The Labute approximate surface area is 166 Å². The summed E-state index contributed by atoms with van der Waals surface area (Å²) < 4.78 is 5.04. The SMILES string of the molecule is C1COCC[NH2+]1.CCCCCCC(O)CC=CCCCCCCCC(=O)[O-]. The van der Waals surface area contributed by atoms with E-state index in [9.17, 15) is 15.0 Å². The molecule has 0 bridgehead atoms. The highest BCUT2D eigenvalue weighted by Gasteiger charge is 2.00. The number of aliphatic hydroxyl groups is 1. The number of ether oxygens (including phenoxy) is 1. The maximum atomic E-state index is 10.2. The van der Waals surface area contributed by atoms with Crippen molar-refractivity contribution in [2.45, 2.75) is 96.5 Å². The van der Waals surface area contributed by atoms with Gasteiger partial charge in [-0.15, -0.1) is 0 Å². The molecule has 27 heavy (non-hydrogen) atoms. The average molecular weight is 386 g/mol. The van der Waals surface area contributed by atoms with Gasteiger partial charge in [-0.05, 0) is 38.5 Å². The number of aliphatic hydroxyl groups excluding tert-OH is 1. The van der Waals surface area contributed by atoms with Crippen LogP contribution in [0.25, 0.3) is 0 Å². The zero-order valence-corrected chi connectivity index (χ0v) is 17.5. The zero-order chi connectivity index (χ0) is 20.0. The molecule has 5 nitrogen and oxygen atoms in total. The number of aliphatic carboxylic acids is 1. The lowest BCUT2D eigenvalue weighted by molar-refractivity contribution is -0.670. The van der Waals surface area contributed by atoms with Crippen LogP contribution in [0.5, 0.6) is 0 Å². The number of carbonyl (C=O) groups is 1. The van der Waals surface area contributed by atoms with Crippen LogP contribution in [0.15, 0.2) is 12.2 Å². The molecule has 0 aromatic rings. The Bertz CT molecular complexity index is 332. The molecule has 0 amide bonds. The molecule has 3 N–H and O–H groups in total. The maximum Gasteiger partial charge on any atom is 0.0993 e. The summed E-state index contributed by atoms with van der Waals surface area (Å²) in [5.74, 6) is -0.939. The third kappa shape index (κ3) is 23.1. The second kappa shape index (κ2) is 21.4. The number of carboxylic acids is 1. The van der Waals surface area contributed by atoms with Crippen LogP contribution < -0.4 is 10.4 Å². The predicted octanol–water partition coefficient (Wildman–Crippen LogP) is 2.32. The van der Waals surface area contributed by atoms with Crippen LogP contribution in [0.1, 0.15) is 90.4 Å². The summed E-state index contributed by atoms with van der Waals surface area (Å²) in [4.78, 5) is 10.2.